The number of halogens is 2. The highest BCUT2D eigenvalue weighted by Gasteiger charge is 2.21. The van der Waals surface area contributed by atoms with Gasteiger partial charge in [0, 0.05) is 5.56 Å². The molecule has 3 rings (SSSR count). The summed E-state index contributed by atoms with van der Waals surface area (Å²) in [5.41, 5.74) is 1.88. The van der Waals surface area contributed by atoms with Gasteiger partial charge in [-0.05, 0) is 40.2 Å². The summed E-state index contributed by atoms with van der Waals surface area (Å²) in [6, 6.07) is 10.3. The molecule has 2 heterocycles. The second-order valence-corrected chi connectivity index (χ2v) is 4.72. The molecule has 1 aromatic heterocycles. The SMILES string of the molecule is Fc1ccc(C2C=[n+]3cccc(Br)c3=N2)cc1. The molecule has 0 aliphatic carbocycles. The Hall–Kier alpha value is -1.55. The summed E-state index contributed by atoms with van der Waals surface area (Å²) in [7, 11) is 0. The van der Waals surface area contributed by atoms with Gasteiger partial charge >= 0.3 is 5.49 Å². The van der Waals surface area contributed by atoms with Crippen molar-refractivity contribution in [1.82, 2.24) is 0 Å². The molecule has 17 heavy (non-hydrogen) atoms. The lowest BCUT2D eigenvalue weighted by Gasteiger charge is -1.96. The molecule has 0 fully saturated rings. The molecule has 0 amide bonds. The quantitative estimate of drug-likeness (QED) is 0.718. The summed E-state index contributed by atoms with van der Waals surface area (Å²) in [4.78, 5) is 4.59. The molecule has 0 bridgehead atoms. The van der Waals surface area contributed by atoms with Crippen LogP contribution in [0.3, 0.4) is 0 Å². The standard InChI is InChI=1S/C13H9BrFN2/c14-11-2-1-7-17-8-12(16-13(11)17)9-3-5-10(15)6-4-9/h1-8,12H/q+1. The molecule has 0 saturated heterocycles. The minimum atomic E-state index is -0.224. The highest BCUT2D eigenvalue weighted by Crippen LogP contribution is 2.18. The molecule has 2 nitrogen and oxygen atoms in total. The lowest BCUT2D eigenvalue weighted by atomic mass is 10.1. The zero-order chi connectivity index (χ0) is 11.8. The Bertz CT molecular complexity index is 680. The van der Waals surface area contributed by atoms with E-state index < -0.39 is 0 Å². The zero-order valence-corrected chi connectivity index (χ0v) is 10.4. The van der Waals surface area contributed by atoms with Crippen LogP contribution in [-0.2, 0) is 0 Å². The lowest BCUT2D eigenvalue weighted by molar-refractivity contribution is -0.524. The summed E-state index contributed by atoms with van der Waals surface area (Å²) in [5.74, 6) is -0.224. The smallest absolute Gasteiger partial charge is 0.207 e. The van der Waals surface area contributed by atoms with Gasteiger partial charge < -0.3 is 0 Å². The van der Waals surface area contributed by atoms with Crippen molar-refractivity contribution in [2.45, 2.75) is 6.04 Å². The van der Waals surface area contributed by atoms with Gasteiger partial charge in [-0.1, -0.05) is 17.1 Å². The molecule has 1 atom stereocenters. The number of fused-ring (bicyclic) bond motifs is 1. The molecule has 0 N–H and O–H groups in total. The second kappa shape index (κ2) is 4.04. The summed E-state index contributed by atoms with van der Waals surface area (Å²) in [6.45, 7) is 0. The predicted octanol–water partition coefficient (Wildman–Crippen LogP) is 2.26. The fraction of sp³-hybridized carbons (Fsp3) is 0.0769. The fourth-order valence-electron chi connectivity index (χ4n) is 1.88. The summed E-state index contributed by atoms with van der Waals surface area (Å²) < 4.78 is 15.8. The van der Waals surface area contributed by atoms with Crippen molar-refractivity contribution < 1.29 is 8.63 Å². The van der Waals surface area contributed by atoms with Gasteiger partial charge in [0.15, 0.2) is 0 Å². The van der Waals surface area contributed by atoms with Crippen molar-refractivity contribution in [3.05, 3.63) is 70.2 Å². The lowest BCUT2D eigenvalue weighted by Crippen LogP contribution is -2.34. The predicted molar refractivity (Wildman–Crippen MR) is 64.3 cm³/mol. The monoisotopic (exact) mass is 291 g/mol. The first-order chi connectivity index (χ1) is 8.24. The van der Waals surface area contributed by atoms with E-state index in [0.717, 1.165) is 15.5 Å². The van der Waals surface area contributed by atoms with E-state index in [9.17, 15) is 4.39 Å². The van der Waals surface area contributed by atoms with E-state index >= 15 is 0 Å². The van der Waals surface area contributed by atoms with Gasteiger partial charge in [-0.3, -0.25) is 0 Å². The van der Waals surface area contributed by atoms with Crippen LogP contribution in [-0.4, -0.2) is 0 Å². The van der Waals surface area contributed by atoms with Crippen LogP contribution in [0.1, 0.15) is 11.6 Å². The van der Waals surface area contributed by atoms with E-state index in [4.69, 9.17) is 0 Å². The minimum Gasteiger partial charge on any atom is -0.207 e. The van der Waals surface area contributed by atoms with Gasteiger partial charge in [-0.15, -0.1) is 0 Å². The number of benzene rings is 1. The number of nitrogens with zero attached hydrogens (tertiary/aromatic N) is 2. The highest BCUT2D eigenvalue weighted by atomic mass is 79.9. The van der Waals surface area contributed by atoms with Crippen molar-refractivity contribution >= 4 is 15.9 Å². The van der Waals surface area contributed by atoms with Crippen LogP contribution in [0.25, 0.3) is 0 Å². The van der Waals surface area contributed by atoms with Crippen molar-refractivity contribution in [2.24, 2.45) is 4.99 Å². The van der Waals surface area contributed by atoms with E-state index in [1.807, 2.05) is 28.8 Å². The molecule has 84 valence electrons. The Morgan fingerprint density at radius 1 is 1.18 bits per heavy atom. The Balaban J connectivity index is 2.10. The molecule has 0 saturated carbocycles. The van der Waals surface area contributed by atoms with Crippen molar-refractivity contribution in [2.75, 3.05) is 0 Å². The molecule has 0 radical (unpaired) electrons. The van der Waals surface area contributed by atoms with Gasteiger partial charge in [0.1, 0.15) is 16.5 Å². The summed E-state index contributed by atoms with van der Waals surface area (Å²) in [6.07, 6.45) is 3.96. The number of hydrogen-bond acceptors (Lipinski definition) is 1. The van der Waals surface area contributed by atoms with Crippen LogP contribution in [0.4, 0.5) is 4.39 Å². The molecule has 1 aliphatic heterocycles. The van der Waals surface area contributed by atoms with Crippen LogP contribution < -0.4 is 9.73 Å². The Kier molecular flexibility index (Phi) is 2.52. The average Bonchev–Trinajstić information content (AvgIpc) is 2.75. The Morgan fingerprint density at radius 3 is 2.65 bits per heavy atom. The number of aromatic nitrogens is 1. The number of hydrogen-bond donors (Lipinski definition) is 0. The van der Waals surface area contributed by atoms with Crippen LogP contribution >= 0.6 is 15.9 Å². The van der Waals surface area contributed by atoms with Crippen molar-refractivity contribution in [3.8, 4) is 0 Å². The Labute approximate surface area is 106 Å². The molecule has 0 spiro atoms. The molecule has 2 aromatic rings. The van der Waals surface area contributed by atoms with E-state index in [2.05, 4.69) is 20.9 Å². The number of rotatable bonds is 1. The van der Waals surface area contributed by atoms with Gasteiger partial charge in [-0.2, -0.15) is 0 Å². The number of pyridine rings is 1. The summed E-state index contributed by atoms with van der Waals surface area (Å²) >= 11 is 3.46. The van der Waals surface area contributed by atoms with Gasteiger partial charge in [-0.25, -0.2) is 8.63 Å². The first-order valence-electron chi connectivity index (χ1n) is 5.25. The molecular formula is C13H9BrFN2+. The zero-order valence-electron chi connectivity index (χ0n) is 8.85. The van der Waals surface area contributed by atoms with E-state index in [1.54, 1.807) is 12.1 Å². The van der Waals surface area contributed by atoms with Crippen molar-refractivity contribution in [3.63, 3.8) is 0 Å². The second-order valence-electron chi connectivity index (χ2n) is 3.86. The molecule has 1 aliphatic rings. The fourth-order valence-corrected chi connectivity index (χ4v) is 2.33. The molecule has 1 aromatic carbocycles. The maximum absolute atomic E-state index is 12.8. The van der Waals surface area contributed by atoms with Crippen LogP contribution in [0.5, 0.6) is 0 Å². The third-order valence-electron chi connectivity index (χ3n) is 2.72. The topological polar surface area (TPSA) is 18.3 Å². The molecular weight excluding hydrogens is 283 g/mol. The van der Waals surface area contributed by atoms with E-state index in [0.29, 0.717) is 0 Å². The largest absolute Gasteiger partial charge is 0.337 e. The third kappa shape index (κ3) is 1.89. The van der Waals surface area contributed by atoms with Crippen LogP contribution in [0, 0.1) is 12.0 Å². The molecule has 4 heteroatoms. The summed E-state index contributed by atoms with van der Waals surface area (Å²) in [5, 5.41) is 0. The minimum absolute atomic E-state index is 0.0469. The van der Waals surface area contributed by atoms with E-state index in [1.165, 1.54) is 12.1 Å². The first-order valence-corrected chi connectivity index (χ1v) is 6.04. The maximum Gasteiger partial charge on any atom is 0.337 e. The van der Waals surface area contributed by atoms with Crippen LogP contribution in [0.15, 0.2) is 52.1 Å². The highest BCUT2D eigenvalue weighted by molar-refractivity contribution is 9.10. The Morgan fingerprint density at radius 2 is 1.94 bits per heavy atom. The average molecular weight is 292 g/mol. The van der Waals surface area contributed by atoms with Gasteiger partial charge in [0.05, 0.1) is 6.20 Å². The first kappa shape index (κ1) is 10.6. The van der Waals surface area contributed by atoms with Gasteiger partial charge in [0.2, 0.25) is 6.04 Å². The third-order valence-corrected chi connectivity index (χ3v) is 3.34. The van der Waals surface area contributed by atoms with E-state index in [-0.39, 0.29) is 11.9 Å². The van der Waals surface area contributed by atoms with Crippen LogP contribution in [0.2, 0.25) is 0 Å². The maximum atomic E-state index is 12.8. The van der Waals surface area contributed by atoms with Gasteiger partial charge in [0.25, 0.3) is 0 Å². The molecule has 1 unspecified atom stereocenters. The van der Waals surface area contributed by atoms with Crippen molar-refractivity contribution in [1.29, 1.82) is 0 Å². The normalized spacial score (nSPS) is 17.2.